The van der Waals surface area contributed by atoms with Crippen molar-refractivity contribution in [1.82, 2.24) is 24.3 Å². The number of rotatable bonds is 9. The summed E-state index contributed by atoms with van der Waals surface area (Å²) in [6, 6.07) is 10.1. The van der Waals surface area contributed by atoms with E-state index in [0.717, 1.165) is 69.4 Å². The molecule has 2 fully saturated rings. The van der Waals surface area contributed by atoms with E-state index in [-0.39, 0.29) is 12.1 Å². The van der Waals surface area contributed by atoms with Crippen molar-refractivity contribution in [2.24, 2.45) is 0 Å². The summed E-state index contributed by atoms with van der Waals surface area (Å²) < 4.78 is 7.60. The van der Waals surface area contributed by atoms with Gasteiger partial charge in [0, 0.05) is 81.3 Å². The van der Waals surface area contributed by atoms with Gasteiger partial charge in [-0.2, -0.15) is 4.98 Å². The number of hydrogen-bond donors (Lipinski definition) is 2. The first-order chi connectivity index (χ1) is 18.4. The zero-order valence-corrected chi connectivity index (χ0v) is 23.4. The average Bonchev–Trinajstić information content (AvgIpc) is 3.29. The molecule has 8 nitrogen and oxygen atoms in total. The van der Waals surface area contributed by atoms with E-state index in [1.165, 1.54) is 16.7 Å². The third-order valence-corrected chi connectivity index (χ3v) is 8.23. The summed E-state index contributed by atoms with van der Waals surface area (Å²) in [6.45, 7) is 12.8. The molecule has 0 spiro atoms. The quantitative estimate of drug-likeness (QED) is 0.429. The molecule has 0 radical (unpaired) electrons. The fourth-order valence-corrected chi connectivity index (χ4v) is 5.94. The maximum Gasteiger partial charge on any atom is 0.224 e. The van der Waals surface area contributed by atoms with Crippen molar-refractivity contribution in [2.45, 2.75) is 77.2 Å². The Morgan fingerprint density at radius 3 is 2.39 bits per heavy atom. The molecule has 3 aromatic rings. The number of nitrogens with one attached hydrogen (secondary N) is 1. The van der Waals surface area contributed by atoms with Gasteiger partial charge in [0.05, 0.1) is 12.7 Å². The Bertz CT molecular complexity index is 1180. The number of hydrogen-bond acceptors (Lipinski definition) is 7. The summed E-state index contributed by atoms with van der Waals surface area (Å²) in [4.78, 5) is 14.7. The molecule has 1 saturated carbocycles. The van der Waals surface area contributed by atoms with Crippen LogP contribution in [0.4, 0.5) is 5.95 Å². The Morgan fingerprint density at radius 1 is 1.03 bits per heavy atom. The molecule has 2 aliphatic rings. The van der Waals surface area contributed by atoms with Gasteiger partial charge in [-0.3, -0.25) is 9.80 Å². The fraction of sp³-hybridized carbons (Fsp3) is 0.600. The summed E-state index contributed by atoms with van der Waals surface area (Å²) in [5.74, 6) is 0.622. The average molecular weight is 521 g/mol. The van der Waals surface area contributed by atoms with Crippen molar-refractivity contribution in [1.29, 1.82) is 0 Å². The highest BCUT2D eigenvalue weighted by Crippen LogP contribution is 2.37. The van der Waals surface area contributed by atoms with Crippen LogP contribution >= 0.6 is 0 Å². The second-order valence-corrected chi connectivity index (χ2v) is 11.4. The van der Waals surface area contributed by atoms with Crippen molar-refractivity contribution >= 4 is 17.0 Å². The number of methoxy groups -OCH3 is 1. The highest BCUT2D eigenvalue weighted by molar-refractivity contribution is 5.94. The fourth-order valence-electron chi connectivity index (χ4n) is 5.94. The summed E-state index contributed by atoms with van der Waals surface area (Å²) in [5, 5.41) is 14.5. The van der Waals surface area contributed by atoms with Gasteiger partial charge >= 0.3 is 0 Å². The Morgan fingerprint density at radius 2 is 1.74 bits per heavy atom. The molecular formula is C30H44N6O2. The van der Waals surface area contributed by atoms with Crippen LogP contribution in [0.3, 0.4) is 0 Å². The molecule has 1 aliphatic carbocycles. The summed E-state index contributed by atoms with van der Waals surface area (Å²) in [5.41, 5.74) is 4.66. The lowest BCUT2D eigenvalue weighted by atomic mass is 9.93. The van der Waals surface area contributed by atoms with Crippen LogP contribution in [0.1, 0.15) is 58.1 Å². The van der Waals surface area contributed by atoms with E-state index in [1.54, 1.807) is 7.11 Å². The molecule has 5 rings (SSSR count). The largest absolute Gasteiger partial charge is 0.393 e. The molecule has 1 aromatic carbocycles. The van der Waals surface area contributed by atoms with E-state index >= 15 is 0 Å². The second kappa shape index (κ2) is 12.1. The van der Waals surface area contributed by atoms with E-state index in [9.17, 15) is 5.11 Å². The van der Waals surface area contributed by atoms with Gasteiger partial charge < -0.3 is 19.7 Å². The summed E-state index contributed by atoms with van der Waals surface area (Å²) in [7, 11) is 1.70. The van der Waals surface area contributed by atoms with E-state index in [0.29, 0.717) is 24.6 Å². The first-order valence-electron chi connectivity index (χ1n) is 14.3. The minimum Gasteiger partial charge on any atom is -0.393 e. The lowest BCUT2D eigenvalue weighted by molar-refractivity contribution is 0.104. The van der Waals surface area contributed by atoms with E-state index < -0.39 is 0 Å². The normalized spacial score (nSPS) is 22.3. The van der Waals surface area contributed by atoms with Crippen LogP contribution in [-0.4, -0.2) is 87.5 Å². The molecule has 3 heterocycles. The van der Waals surface area contributed by atoms with Gasteiger partial charge in [-0.15, -0.1) is 0 Å². The third kappa shape index (κ3) is 6.20. The number of aliphatic hydroxyl groups excluding tert-OH is 1. The van der Waals surface area contributed by atoms with Crippen LogP contribution in [0, 0.1) is 0 Å². The van der Waals surface area contributed by atoms with Crippen LogP contribution in [-0.2, 0) is 11.3 Å². The standard InChI is InChI=1S/C30H44N6O2/c1-21(2)35-15-13-34(14-16-35)18-23-5-7-24(8-6-23)28-19-36(25-9-11-26(37)12-10-25)29-27(28)17-31-30(33-29)32-22(3)20-38-4/h5-8,17,19,21-22,25-26,37H,9-16,18,20H2,1-4H3,(H,31,32,33)/t22-,25?,26?/m1/s1. The molecular weight excluding hydrogens is 476 g/mol. The number of nitrogens with zero attached hydrogens (tertiary/aromatic N) is 5. The molecule has 1 aliphatic heterocycles. The van der Waals surface area contributed by atoms with Crippen LogP contribution < -0.4 is 5.32 Å². The van der Waals surface area contributed by atoms with E-state index in [2.05, 4.69) is 75.9 Å². The summed E-state index contributed by atoms with van der Waals surface area (Å²) in [6.07, 6.45) is 7.61. The predicted molar refractivity (Wildman–Crippen MR) is 153 cm³/mol. The number of benzene rings is 1. The van der Waals surface area contributed by atoms with Crippen LogP contribution in [0.5, 0.6) is 0 Å². The van der Waals surface area contributed by atoms with Gasteiger partial charge in [0.2, 0.25) is 5.95 Å². The lowest BCUT2D eigenvalue weighted by Crippen LogP contribution is -2.48. The SMILES string of the molecule is COC[C@@H](C)Nc1ncc2c(-c3ccc(CN4CCN(C(C)C)CC4)cc3)cn(C3CCC(O)CC3)c2n1. The Balaban J connectivity index is 1.38. The molecule has 2 N–H and O–H groups in total. The second-order valence-electron chi connectivity index (χ2n) is 11.4. The maximum atomic E-state index is 10.1. The van der Waals surface area contributed by atoms with Crippen molar-refractivity contribution < 1.29 is 9.84 Å². The zero-order valence-electron chi connectivity index (χ0n) is 23.4. The Kier molecular flexibility index (Phi) is 8.63. The first kappa shape index (κ1) is 27.1. The smallest absolute Gasteiger partial charge is 0.224 e. The monoisotopic (exact) mass is 520 g/mol. The van der Waals surface area contributed by atoms with Crippen LogP contribution in [0.25, 0.3) is 22.2 Å². The minimum absolute atomic E-state index is 0.117. The van der Waals surface area contributed by atoms with Crippen molar-refractivity contribution in [3.63, 3.8) is 0 Å². The lowest BCUT2D eigenvalue weighted by Gasteiger charge is -2.36. The Labute approximate surface area is 227 Å². The third-order valence-electron chi connectivity index (χ3n) is 8.23. The molecule has 0 amide bonds. The topological polar surface area (TPSA) is 78.7 Å². The van der Waals surface area contributed by atoms with Crippen LogP contribution in [0.15, 0.2) is 36.7 Å². The van der Waals surface area contributed by atoms with Crippen molar-refractivity contribution in [3.8, 4) is 11.1 Å². The van der Waals surface area contributed by atoms with Gasteiger partial charge in [-0.25, -0.2) is 4.98 Å². The molecule has 0 unspecified atom stereocenters. The highest BCUT2D eigenvalue weighted by atomic mass is 16.5. The maximum absolute atomic E-state index is 10.1. The molecule has 8 heteroatoms. The van der Waals surface area contributed by atoms with Gasteiger partial charge in [-0.05, 0) is 57.6 Å². The molecule has 206 valence electrons. The summed E-state index contributed by atoms with van der Waals surface area (Å²) >= 11 is 0. The predicted octanol–water partition coefficient (Wildman–Crippen LogP) is 4.55. The van der Waals surface area contributed by atoms with Crippen LogP contribution in [0.2, 0.25) is 0 Å². The molecule has 0 bridgehead atoms. The number of anilines is 1. The van der Waals surface area contributed by atoms with Gasteiger partial charge in [0.25, 0.3) is 0 Å². The van der Waals surface area contributed by atoms with Gasteiger partial charge in [-0.1, -0.05) is 24.3 Å². The molecule has 1 saturated heterocycles. The molecule has 38 heavy (non-hydrogen) atoms. The Hall–Kier alpha value is -2.52. The van der Waals surface area contributed by atoms with Gasteiger partial charge in [0.15, 0.2) is 0 Å². The van der Waals surface area contributed by atoms with E-state index in [1.807, 2.05) is 6.20 Å². The molecule has 2 aromatic heterocycles. The van der Waals surface area contributed by atoms with Crippen molar-refractivity contribution in [2.75, 3.05) is 45.2 Å². The first-order valence-corrected chi connectivity index (χ1v) is 14.3. The van der Waals surface area contributed by atoms with Crippen molar-refractivity contribution in [3.05, 3.63) is 42.2 Å². The molecule has 1 atom stereocenters. The number of piperazine rings is 1. The highest BCUT2D eigenvalue weighted by Gasteiger charge is 2.25. The zero-order chi connectivity index (χ0) is 26.6. The van der Waals surface area contributed by atoms with E-state index in [4.69, 9.17) is 9.72 Å². The van der Waals surface area contributed by atoms with Gasteiger partial charge in [0.1, 0.15) is 5.65 Å². The minimum atomic E-state index is -0.185. The number of aromatic nitrogens is 3. The number of aliphatic hydroxyl groups is 1. The number of fused-ring (bicyclic) bond motifs is 1. The number of ether oxygens (including phenoxy) is 1.